The van der Waals surface area contributed by atoms with Gasteiger partial charge >= 0.3 is 0 Å². The monoisotopic (exact) mass is 435 g/mol. The molecule has 1 fully saturated rings. The highest BCUT2D eigenvalue weighted by Gasteiger charge is 2.13. The third kappa shape index (κ3) is 4.53. The van der Waals surface area contributed by atoms with E-state index in [0.717, 1.165) is 55.0 Å². The number of hydrogen-bond donors (Lipinski definition) is 2. The molecular weight excluding hydrogens is 410 g/mol. The summed E-state index contributed by atoms with van der Waals surface area (Å²) in [5, 5.41) is 11.2. The Balaban J connectivity index is 1.24. The van der Waals surface area contributed by atoms with Gasteiger partial charge in [-0.25, -0.2) is 4.98 Å². The van der Waals surface area contributed by atoms with Crippen molar-refractivity contribution in [3.05, 3.63) is 48.8 Å². The molecule has 2 aromatic carbocycles. The molecule has 0 atom stereocenters. The maximum Gasteiger partial charge on any atom is 0.299 e. The highest BCUT2D eigenvalue weighted by molar-refractivity contribution is 5.82. The molecule has 32 heavy (non-hydrogen) atoms. The van der Waals surface area contributed by atoms with E-state index in [9.17, 15) is 0 Å². The molecular formula is C23H25N5O4. The highest BCUT2D eigenvalue weighted by atomic mass is 16.5. The zero-order valence-electron chi connectivity index (χ0n) is 17.8. The fourth-order valence-corrected chi connectivity index (χ4v) is 3.66. The lowest BCUT2D eigenvalue weighted by Crippen LogP contribution is -2.38. The predicted molar refractivity (Wildman–Crippen MR) is 121 cm³/mol. The molecule has 1 saturated heterocycles. The average Bonchev–Trinajstić information content (AvgIpc) is 3.49. The van der Waals surface area contributed by atoms with Crippen molar-refractivity contribution in [1.82, 2.24) is 20.1 Å². The van der Waals surface area contributed by atoms with Crippen molar-refractivity contribution in [3.63, 3.8) is 0 Å². The Kier molecular flexibility index (Phi) is 5.91. The molecule has 0 amide bonds. The Labute approximate surface area is 185 Å². The van der Waals surface area contributed by atoms with Crippen LogP contribution in [0, 0.1) is 0 Å². The van der Waals surface area contributed by atoms with Crippen molar-refractivity contribution >= 4 is 22.6 Å². The van der Waals surface area contributed by atoms with Crippen molar-refractivity contribution in [2.75, 3.05) is 51.9 Å². The molecule has 5 rings (SSSR count). The van der Waals surface area contributed by atoms with E-state index in [1.54, 1.807) is 19.5 Å². The van der Waals surface area contributed by atoms with Crippen LogP contribution in [0.15, 0.2) is 53.2 Å². The minimum absolute atomic E-state index is 0.410. The van der Waals surface area contributed by atoms with Gasteiger partial charge in [-0.15, -0.1) is 0 Å². The topological polar surface area (TPSA) is 97.7 Å². The second kappa shape index (κ2) is 9.29. The highest BCUT2D eigenvalue weighted by Crippen LogP contribution is 2.34. The van der Waals surface area contributed by atoms with E-state index < -0.39 is 0 Å². The number of fused-ring (bicyclic) bond motifs is 1. The van der Waals surface area contributed by atoms with Crippen LogP contribution in [0.5, 0.6) is 11.5 Å². The third-order valence-electron chi connectivity index (χ3n) is 5.41. The van der Waals surface area contributed by atoms with Gasteiger partial charge < -0.3 is 23.9 Å². The van der Waals surface area contributed by atoms with E-state index in [1.807, 2.05) is 36.4 Å². The number of nitrogens with zero attached hydrogens (tertiary/aromatic N) is 3. The summed E-state index contributed by atoms with van der Waals surface area (Å²) in [7, 11) is 1.63. The smallest absolute Gasteiger partial charge is 0.299 e. The summed E-state index contributed by atoms with van der Waals surface area (Å²) < 4.78 is 22.8. The molecule has 2 aromatic heterocycles. The number of methoxy groups -OCH3 is 1. The largest absolute Gasteiger partial charge is 0.493 e. The van der Waals surface area contributed by atoms with Gasteiger partial charge in [0.05, 0.1) is 38.2 Å². The molecule has 0 spiro atoms. The van der Waals surface area contributed by atoms with Gasteiger partial charge in [0.15, 0.2) is 17.3 Å². The van der Waals surface area contributed by atoms with E-state index in [2.05, 4.69) is 25.4 Å². The summed E-state index contributed by atoms with van der Waals surface area (Å²) in [6.45, 7) is 4.89. The zero-order valence-corrected chi connectivity index (χ0v) is 17.8. The minimum atomic E-state index is 0.410. The van der Waals surface area contributed by atoms with Gasteiger partial charge in [-0.2, -0.15) is 5.10 Å². The maximum absolute atomic E-state index is 5.96. The Bertz CT molecular complexity index is 1180. The lowest BCUT2D eigenvalue weighted by atomic mass is 10.1. The number of H-pyrrole nitrogens is 1. The molecule has 1 aliphatic rings. The molecule has 1 aliphatic heterocycles. The predicted octanol–water partition coefficient (Wildman–Crippen LogP) is 3.68. The summed E-state index contributed by atoms with van der Waals surface area (Å²) in [5.41, 5.74) is 2.70. The number of benzene rings is 2. The Morgan fingerprint density at radius 2 is 2.00 bits per heavy atom. The van der Waals surface area contributed by atoms with E-state index >= 15 is 0 Å². The van der Waals surface area contributed by atoms with Crippen LogP contribution in [-0.4, -0.2) is 66.6 Å². The van der Waals surface area contributed by atoms with Crippen LogP contribution in [0.1, 0.15) is 0 Å². The van der Waals surface area contributed by atoms with Crippen molar-refractivity contribution in [1.29, 1.82) is 0 Å². The Hall–Kier alpha value is -3.56. The molecule has 0 radical (unpaired) electrons. The Morgan fingerprint density at radius 3 is 2.88 bits per heavy atom. The number of aromatic amines is 1. The van der Waals surface area contributed by atoms with Crippen LogP contribution < -0.4 is 14.8 Å². The van der Waals surface area contributed by atoms with E-state index in [0.29, 0.717) is 29.9 Å². The summed E-state index contributed by atoms with van der Waals surface area (Å²) in [6.07, 6.45) is 3.46. The first kappa shape index (κ1) is 20.3. The Morgan fingerprint density at radius 1 is 1.09 bits per heavy atom. The third-order valence-corrected chi connectivity index (χ3v) is 5.41. The molecule has 4 aromatic rings. The summed E-state index contributed by atoms with van der Waals surface area (Å²) in [4.78, 5) is 6.68. The number of aromatic nitrogens is 3. The SMILES string of the molecule is COc1cc(-c2cnc(Nc3ccc4[nH]ncc4c3)o2)ccc1OCCN1CCOCC1. The number of nitrogens with one attached hydrogen (secondary N) is 2. The number of rotatable bonds is 8. The first-order chi connectivity index (χ1) is 15.8. The molecule has 0 aliphatic carbocycles. The maximum atomic E-state index is 5.96. The van der Waals surface area contributed by atoms with Crippen molar-refractivity contribution in [2.24, 2.45) is 0 Å². The van der Waals surface area contributed by atoms with Crippen molar-refractivity contribution in [2.45, 2.75) is 0 Å². The summed E-state index contributed by atoms with van der Waals surface area (Å²) >= 11 is 0. The lowest BCUT2D eigenvalue weighted by molar-refractivity contribution is 0.0321. The van der Waals surface area contributed by atoms with E-state index in [4.69, 9.17) is 18.6 Å². The van der Waals surface area contributed by atoms with Crippen molar-refractivity contribution in [3.8, 4) is 22.8 Å². The van der Waals surface area contributed by atoms with Gasteiger partial charge in [-0.3, -0.25) is 10.00 Å². The van der Waals surface area contributed by atoms with Crippen LogP contribution in [0.4, 0.5) is 11.7 Å². The average molecular weight is 435 g/mol. The fourth-order valence-electron chi connectivity index (χ4n) is 3.66. The molecule has 9 heteroatoms. The van der Waals surface area contributed by atoms with Crippen LogP contribution in [0.3, 0.4) is 0 Å². The van der Waals surface area contributed by atoms with Gasteiger partial charge in [0.1, 0.15) is 6.61 Å². The first-order valence-electron chi connectivity index (χ1n) is 10.6. The van der Waals surface area contributed by atoms with Gasteiger partial charge in [0.25, 0.3) is 6.01 Å². The molecule has 0 saturated carbocycles. The number of ether oxygens (including phenoxy) is 3. The number of hydrogen-bond acceptors (Lipinski definition) is 8. The number of oxazole rings is 1. The standard InChI is InChI=1S/C23H25N5O4/c1-29-21-13-16(2-5-20(21)31-11-8-28-6-9-30-10-7-28)22-15-24-23(32-22)26-18-3-4-19-17(12-18)14-25-27-19/h2-5,12-15H,6-11H2,1H3,(H,24,26)(H,25,27). The van der Waals surface area contributed by atoms with Crippen LogP contribution >= 0.6 is 0 Å². The summed E-state index contributed by atoms with van der Waals surface area (Å²) in [6, 6.07) is 12.0. The van der Waals surface area contributed by atoms with Gasteiger partial charge in [0.2, 0.25) is 0 Å². The van der Waals surface area contributed by atoms with E-state index in [-0.39, 0.29) is 0 Å². The zero-order chi connectivity index (χ0) is 21.8. The molecule has 2 N–H and O–H groups in total. The molecule has 9 nitrogen and oxygen atoms in total. The normalized spacial score (nSPS) is 14.5. The molecule has 0 unspecified atom stereocenters. The number of anilines is 2. The van der Waals surface area contributed by atoms with E-state index in [1.165, 1.54) is 0 Å². The van der Waals surface area contributed by atoms with Gasteiger partial charge in [0, 0.05) is 36.3 Å². The van der Waals surface area contributed by atoms with Crippen molar-refractivity contribution < 1.29 is 18.6 Å². The molecule has 0 bridgehead atoms. The lowest BCUT2D eigenvalue weighted by Gasteiger charge is -2.26. The van der Waals surface area contributed by atoms with Crippen LogP contribution in [-0.2, 0) is 4.74 Å². The summed E-state index contributed by atoms with van der Waals surface area (Å²) in [5.74, 6) is 1.99. The first-order valence-corrected chi connectivity index (χ1v) is 10.6. The van der Waals surface area contributed by atoms with Crippen LogP contribution in [0.25, 0.3) is 22.2 Å². The fraction of sp³-hybridized carbons (Fsp3) is 0.304. The molecule has 166 valence electrons. The molecule has 3 heterocycles. The van der Waals surface area contributed by atoms with Gasteiger partial charge in [-0.1, -0.05) is 0 Å². The van der Waals surface area contributed by atoms with Gasteiger partial charge in [-0.05, 0) is 36.4 Å². The second-order valence-corrected chi connectivity index (χ2v) is 7.49. The van der Waals surface area contributed by atoms with Crippen LogP contribution in [0.2, 0.25) is 0 Å². The minimum Gasteiger partial charge on any atom is -0.493 e. The quantitative estimate of drug-likeness (QED) is 0.433. The second-order valence-electron chi connectivity index (χ2n) is 7.49. The number of morpholine rings is 1.